The zero-order chi connectivity index (χ0) is 14.1. The molecule has 1 unspecified atom stereocenters. The molecule has 1 nitrogen and oxygen atoms in total. The van der Waals surface area contributed by atoms with Gasteiger partial charge >= 0.3 is 0 Å². The fraction of sp³-hybridized carbons (Fsp3) is 0.647. The highest BCUT2D eigenvalue weighted by molar-refractivity contribution is 7.98. The highest BCUT2D eigenvalue weighted by Crippen LogP contribution is 2.29. The van der Waals surface area contributed by atoms with Gasteiger partial charge in [0.25, 0.3) is 0 Å². The van der Waals surface area contributed by atoms with Crippen LogP contribution in [-0.4, -0.2) is 18.6 Å². The molecule has 0 saturated heterocycles. The van der Waals surface area contributed by atoms with E-state index in [4.69, 9.17) is 0 Å². The number of nitrogens with one attached hydrogen (secondary N) is 1. The Bertz CT molecular complexity index is 329. The largest absolute Gasteiger partial charge is 0.310 e. The van der Waals surface area contributed by atoms with Crippen molar-refractivity contribution in [2.24, 2.45) is 5.41 Å². The molecule has 0 saturated carbocycles. The van der Waals surface area contributed by atoms with E-state index in [-0.39, 0.29) is 0 Å². The molecule has 1 aromatic carbocycles. The van der Waals surface area contributed by atoms with Crippen LogP contribution in [0.4, 0.5) is 0 Å². The van der Waals surface area contributed by atoms with E-state index in [9.17, 15) is 0 Å². The van der Waals surface area contributed by atoms with Crippen LogP contribution in [0.1, 0.15) is 51.6 Å². The van der Waals surface area contributed by atoms with Gasteiger partial charge in [0.1, 0.15) is 0 Å². The van der Waals surface area contributed by atoms with Gasteiger partial charge in [0.2, 0.25) is 0 Å². The Labute approximate surface area is 123 Å². The quantitative estimate of drug-likeness (QED) is 0.679. The summed E-state index contributed by atoms with van der Waals surface area (Å²) < 4.78 is 0. The molecule has 1 aromatic rings. The minimum Gasteiger partial charge on any atom is -0.310 e. The Morgan fingerprint density at radius 3 is 2.37 bits per heavy atom. The number of thioether (sulfide) groups is 1. The molecule has 19 heavy (non-hydrogen) atoms. The summed E-state index contributed by atoms with van der Waals surface area (Å²) in [4.78, 5) is 0. The topological polar surface area (TPSA) is 12.0 Å². The van der Waals surface area contributed by atoms with E-state index < -0.39 is 0 Å². The normalized spacial score (nSPS) is 13.5. The van der Waals surface area contributed by atoms with Gasteiger partial charge in [0.15, 0.2) is 0 Å². The zero-order valence-electron chi connectivity index (χ0n) is 12.9. The smallest absolute Gasteiger partial charge is 0.0325 e. The van der Waals surface area contributed by atoms with Crippen molar-refractivity contribution in [3.63, 3.8) is 0 Å². The molecule has 1 atom stereocenters. The molecule has 108 valence electrons. The maximum atomic E-state index is 3.74. The van der Waals surface area contributed by atoms with Gasteiger partial charge in [-0.15, -0.1) is 0 Å². The highest BCUT2D eigenvalue weighted by Gasteiger charge is 2.19. The van der Waals surface area contributed by atoms with Gasteiger partial charge in [-0.2, -0.15) is 11.8 Å². The van der Waals surface area contributed by atoms with Crippen LogP contribution < -0.4 is 5.32 Å². The SMILES string of the molecule is CSCCCCNC(CC(C)(C)C)c1ccccc1. The lowest BCUT2D eigenvalue weighted by atomic mass is 9.85. The van der Waals surface area contributed by atoms with E-state index in [1.807, 2.05) is 11.8 Å². The predicted octanol–water partition coefficient (Wildman–Crippen LogP) is 4.90. The summed E-state index contributed by atoms with van der Waals surface area (Å²) in [6, 6.07) is 11.3. The van der Waals surface area contributed by atoms with Gasteiger partial charge in [-0.05, 0) is 48.8 Å². The first kappa shape index (κ1) is 16.6. The monoisotopic (exact) mass is 279 g/mol. The second-order valence-electron chi connectivity index (χ2n) is 6.38. The molecule has 0 fully saturated rings. The minimum absolute atomic E-state index is 0.354. The van der Waals surface area contributed by atoms with Gasteiger partial charge in [0.05, 0.1) is 0 Å². The van der Waals surface area contributed by atoms with Crippen LogP contribution in [0.5, 0.6) is 0 Å². The molecule has 0 radical (unpaired) electrons. The Hall–Kier alpha value is -0.470. The van der Waals surface area contributed by atoms with Gasteiger partial charge in [-0.3, -0.25) is 0 Å². The predicted molar refractivity (Wildman–Crippen MR) is 88.9 cm³/mol. The van der Waals surface area contributed by atoms with E-state index >= 15 is 0 Å². The molecular formula is C17H29NS. The molecular weight excluding hydrogens is 250 g/mol. The fourth-order valence-corrected chi connectivity index (χ4v) is 2.75. The van der Waals surface area contributed by atoms with E-state index in [0.29, 0.717) is 11.5 Å². The minimum atomic E-state index is 0.354. The van der Waals surface area contributed by atoms with Crippen molar-refractivity contribution in [2.45, 2.75) is 46.1 Å². The molecule has 1 rings (SSSR count). The number of benzene rings is 1. The highest BCUT2D eigenvalue weighted by atomic mass is 32.2. The van der Waals surface area contributed by atoms with Crippen molar-refractivity contribution in [3.05, 3.63) is 35.9 Å². The molecule has 0 aromatic heterocycles. The number of hydrogen-bond donors (Lipinski definition) is 1. The Morgan fingerprint density at radius 1 is 1.11 bits per heavy atom. The van der Waals surface area contributed by atoms with Crippen molar-refractivity contribution < 1.29 is 0 Å². The second-order valence-corrected chi connectivity index (χ2v) is 7.37. The fourth-order valence-electron chi connectivity index (χ4n) is 2.25. The van der Waals surface area contributed by atoms with Gasteiger partial charge < -0.3 is 5.32 Å². The average Bonchev–Trinajstić information content (AvgIpc) is 2.37. The van der Waals surface area contributed by atoms with E-state index in [1.54, 1.807) is 0 Å². The molecule has 0 spiro atoms. The summed E-state index contributed by atoms with van der Waals surface area (Å²) in [5.74, 6) is 1.27. The Balaban J connectivity index is 2.51. The van der Waals surface area contributed by atoms with Gasteiger partial charge in [-0.25, -0.2) is 0 Å². The van der Waals surface area contributed by atoms with Crippen LogP contribution in [0.15, 0.2) is 30.3 Å². The second kappa shape index (κ2) is 8.65. The van der Waals surface area contributed by atoms with Gasteiger partial charge in [0, 0.05) is 6.04 Å². The van der Waals surface area contributed by atoms with Crippen LogP contribution in [0.3, 0.4) is 0 Å². The third-order valence-corrected chi connectivity index (χ3v) is 3.88. The average molecular weight is 279 g/mol. The van der Waals surface area contributed by atoms with Crippen molar-refractivity contribution in [2.75, 3.05) is 18.6 Å². The number of rotatable bonds is 8. The first-order valence-corrected chi connectivity index (χ1v) is 8.69. The van der Waals surface area contributed by atoms with Crippen molar-refractivity contribution in [3.8, 4) is 0 Å². The van der Waals surface area contributed by atoms with E-state index in [0.717, 1.165) is 6.54 Å². The Kier molecular flexibility index (Phi) is 7.55. The summed E-state index contributed by atoms with van der Waals surface area (Å²) in [7, 11) is 0. The van der Waals surface area contributed by atoms with Crippen LogP contribution >= 0.6 is 11.8 Å². The van der Waals surface area contributed by atoms with Crippen molar-refractivity contribution >= 4 is 11.8 Å². The lowest BCUT2D eigenvalue weighted by molar-refractivity contribution is 0.310. The molecule has 0 aliphatic heterocycles. The molecule has 0 heterocycles. The molecule has 2 heteroatoms. The van der Waals surface area contributed by atoms with Crippen molar-refractivity contribution in [1.82, 2.24) is 5.32 Å². The first-order valence-electron chi connectivity index (χ1n) is 7.30. The molecule has 0 amide bonds. The maximum absolute atomic E-state index is 3.74. The lowest BCUT2D eigenvalue weighted by Gasteiger charge is -2.27. The summed E-state index contributed by atoms with van der Waals surface area (Å²) >= 11 is 1.94. The maximum Gasteiger partial charge on any atom is 0.0325 e. The Morgan fingerprint density at radius 2 is 1.79 bits per heavy atom. The number of hydrogen-bond acceptors (Lipinski definition) is 2. The molecule has 0 aliphatic rings. The van der Waals surface area contributed by atoms with E-state index in [2.05, 4.69) is 62.7 Å². The van der Waals surface area contributed by atoms with Crippen LogP contribution in [0, 0.1) is 5.41 Å². The van der Waals surface area contributed by atoms with Gasteiger partial charge in [-0.1, -0.05) is 51.1 Å². The van der Waals surface area contributed by atoms with Crippen LogP contribution in [0.25, 0.3) is 0 Å². The first-order chi connectivity index (χ1) is 9.03. The molecule has 1 N–H and O–H groups in total. The summed E-state index contributed by atoms with van der Waals surface area (Å²) in [6.45, 7) is 8.07. The standard InChI is InChI=1S/C17H29NS/c1-17(2,3)14-16(15-10-6-5-7-11-15)18-12-8-9-13-19-4/h5-7,10-11,16,18H,8-9,12-14H2,1-4H3. The van der Waals surface area contributed by atoms with Crippen LogP contribution in [0.2, 0.25) is 0 Å². The molecule has 0 bridgehead atoms. The third-order valence-electron chi connectivity index (χ3n) is 3.18. The summed E-state index contributed by atoms with van der Waals surface area (Å²) in [5, 5.41) is 3.74. The third kappa shape index (κ3) is 7.64. The summed E-state index contributed by atoms with van der Waals surface area (Å²) in [6.07, 6.45) is 5.94. The summed E-state index contributed by atoms with van der Waals surface area (Å²) in [5.41, 5.74) is 1.77. The van der Waals surface area contributed by atoms with Crippen molar-refractivity contribution in [1.29, 1.82) is 0 Å². The number of unbranched alkanes of at least 4 members (excludes halogenated alkanes) is 1. The van der Waals surface area contributed by atoms with Crippen LogP contribution in [-0.2, 0) is 0 Å². The zero-order valence-corrected chi connectivity index (χ0v) is 13.7. The lowest BCUT2D eigenvalue weighted by Crippen LogP contribution is -2.26. The van der Waals surface area contributed by atoms with E-state index in [1.165, 1.54) is 30.6 Å². The molecule has 0 aliphatic carbocycles.